The van der Waals surface area contributed by atoms with Gasteiger partial charge in [-0.25, -0.2) is 9.98 Å². The summed E-state index contributed by atoms with van der Waals surface area (Å²) in [4.78, 5) is 8.90. The average Bonchev–Trinajstić information content (AvgIpc) is 2.79. The summed E-state index contributed by atoms with van der Waals surface area (Å²) in [6.45, 7) is 3.53. The molecule has 0 bridgehead atoms. The van der Waals surface area contributed by atoms with Gasteiger partial charge in [0.25, 0.3) is 0 Å². The van der Waals surface area contributed by atoms with Crippen molar-refractivity contribution in [3.05, 3.63) is 35.8 Å². The lowest BCUT2D eigenvalue weighted by atomic mass is 9.85. The van der Waals surface area contributed by atoms with Crippen LogP contribution in [0.4, 0.5) is 0 Å². The van der Waals surface area contributed by atoms with Gasteiger partial charge in [-0.1, -0.05) is 12.5 Å². The fourth-order valence-corrected chi connectivity index (χ4v) is 2.44. The molecule has 2 aromatic heterocycles. The van der Waals surface area contributed by atoms with Crippen LogP contribution in [0.25, 0.3) is 5.65 Å². The van der Waals surface area contributed by atoms with E-state index in [0.29, 0.717) is 12.5 Å². The molecule has 3 N–H and O–H groups in total. The van der Waals surface area contributed by atoms with Gasteiger partial charge in [0.05, 0.1) is 12.2 Å². The fourth-order valence-electron chi connectivity index (χ4n) is 2.44. The third kappa shape index (κ3) is 2.76. The molecule has 106 valence electrons. The molecular formula is C15H21N5. The predicted octanol–water partition coefficient (Wildman–Crippen LogP) is 1.85. The number of aryl methyl sites for hydroxylation is 1. The zero-order valence-electron chi connectivity index (χ0n) is 11.8. The highest BCUT2D eigenvalue weighted by Gasteiger charge is 2.16. The van der Waals surface area contributed by atoms with Gasteiger partial charge in [-0.2, -0.15) is 0 Å². The Bertz CT molecular complexity index is 624. The fraction of sp³-hybridized carbons (Fsp3) is 0.467. The van der Waals surface area contributed by atoms with Gasteiger partial charge < -0.3 is 15.5 Å². The van der Waals surface area contributed by atoms with E-state index in [2.05, 4.69) is 32.7 Å². The lowest BCUT2D eigenvalue weighted by molar-refractivity contribution is 0.315. The Kier molecular flexibility index (Phi) is 3.58. The van der Waals surface area contributed by atoms with Gasteiger partial charge >= 0.3 is 0 Å². The highest BCUT2D eigenvalue weighted by Crippen LogP contribution is 2.24. The molecule has 1 aliphatic rings. The Labute approximate surface area is 118 Å². The standard InChI is InChI=1S/C15H21N5/c1-11-4-2-7-14-19-13(10-20(11)14)9-18-15(16)17-8-12-5-3-6-12/h2,4,7,10,12H,3,5-6,8-9H2,1H3,(H3,16,17,18). The molecule has 0 aromatic carbocycles. The number of imidazole rings is 1. The maximum absolute atomic E-state index is 5.88. The minimum Gasteiger partial charge on any atom is -0.370 e. The van der Waals surface area contributed by atoms with E-state index >= 15 is 0 Å². The van der Waals surface area contributed by atoms with E-state index in [4.69, 9.17) is 5.73 Å². The molecule has 0 saturated heterocycles. The van der Waals surface area contributed by atoms with Crippen LogP contribution < -0.4 is 11.1 Å². The smallest absolute Gasteiger partial charge is 0.188 e. The number of guanidine groups is 1. The molecule has 5 heteroatoms. The molecule has 1 aliphatic carbocycles. The van der Waals surface area contributed by atoms with Gasteiger partial charge in [0.2, 0.25) is 0 Å². The molecule has 0 radical (unpaired) electrons. The van der Waals surface area contributed by atoms with Crippen molar-refractivity contribution in [2.45, 2.75) is 32.7 Å². The number of aromatic nitrogens is 2. The summed E-state index contributed by atoms with van der Waals surface area (Å²) in [7, 11) is 0. The van der Waals surface area contributed by atoms with Crippen molar-refractivity contribution in [1.82, 2.24) is 14.7 Å². The van der Waals surface area contributed by atoms with Gasteiger partial charge in [-0.15, -0.1) is 0 Å². The average molecular weight is 271 g/mol. The summed E-state index contributed by atoms with van der Waals surface area (Å²) in [6, 6.07) is 6.08. The predicted molar refractivity (Wildman–Crippen MR) is 80.6 cm³/mol. The Morgan fingerprint density at radius 2 is 2.35 bits per heavy atom. The van der Waals surface area contributed by atoms with Crippen LogP contribution in [0.1, 0.15) is 30.7 Å². The molecule has 20 heavy (non-hydrogen) atoms. The number of nitrogens with two attached hydrogens (primary N) is 1. The highest BCUT2D eigenvalue weighted by molar-refractivity contribution is 5.77. The second-order valence-corrected chi connectivity index (χ2v) is 5.51. The molecule has 0 amide bonds. The first-order valence-corrected chi connectivity index (χ1v) is 7.20. The van der Waals surface area contributed by atoms with Crippen LogP contribution in [0.5, 0.6) is 0 Å². The molecule has 0 unspecified atom stereocenters. The minimum absolute atomic E-state index is 0.518. The van der Waals surface area contributed by atoms with Crippen LogP contribution in [0.2, 0.25) is 0 Å². The van der Waals surface area contributed by atoms with Gasteiger partial charge in [-0.05, 0) is 37.8 Å². The van der Waals surface area contributed by atoms with Crippen molar-refractivity contribution in [3.63, 3.8) is 0 Å². The van der Waals surface area contributed by atoms with Crippen molar-refractivity contribution < 1.29 is 0 Å². The first-order chi connectivity index (χ1) is 9.72. The monoisotopic (exact) mass is 271 g/mol. The highest BCUT2D eigenvalue weighted by atomic mass is 15.1. The molecule has 1 fully saturated rings. The molecule has 0 atom stereocenters. The van der Waals surface area contributed by atoms with Crippen LogP contribution in [0.15, 0.2) is 29.4 Å². The van der Waals surface area contributed by atoms with Crippen molar-refractivity contribution >= 4 is 11.6 Å². The zero-order chi connectivity index (χ0) is 13.9. The minimum atomic E-state index is 0.518. The molecular weight excluding hydrogens is 250 g/mol. The van der Waals surface area contributed by atoms with E-state index in [1.54, 1.807) is 0 Å². The van der Waals surface area contributed by atoms with Gasteiger partial charge in [0.15, 0.2) is 5.96 Å². The van der Waals surface area contributed by atoms with E-state index in [0.717, 1.165) is 23.8 Å². The summed E-state index contributed by atoms with van der Waals surface area (Å²) in [5.74, 6) is 1.30. The summed E-state index contributed by atoms with van der Waals surface area (Å²) in [5, 5.41) is 3.19. The molecule has 2 aromatic rings. The first-order valence-electron chi connectivity index (χ1n) is 7.20. The Morgan fingerprint density at radius 3 is 3.05 bits per heavy atom. The van der Waals surface area contributed by atoms with Gasteiger partial charge in [0.1, 0.15) is 5.65 Å². The quantitative estimate of drug-likeness (QED) is 0.658. The Hall–Kier alpha value is -2.04. The Balaban J connectivity index is 1.61. The van der Waals surface area contributed by atoms with E-state index in [1.165, 1.54) is 25.0 Å². The number of rotatable bonds is 4. The van der Waals surface area contributed by atoms with Crippen molar-refractivity contribution in [2.75, 3.05) is 6.54 Å². The summed E-state index contributed by atoms with van der Waals surface area (Å²) in [5.41, 5.74) is 8.94. The van der Waals surface area contributed by atoms with Crippen LogP contribution in [-0.2, 0) is 6.54 Å². The largest absolute Gasteiger partial charge is 0.370 e. The van der Waals surface area contributed by atoms with Crippen LogP contribution in [0, 0.1) is 12.8 Å². The van der Waals surface area contributed by atoms with Gasteiger partial charge in [0, 0.05) is 18.4 Å². The summed E-state index contributed by atoms with van der Waals surface area (Å²) < 4.78 is 2.07. The number of pyridine rings is 1. The molecule has 5 nitrogen and oxygen atoms in total. The van der Waals surface area contributed by atoms with Crippen molar-refractivity contribution in [2.24, 2.45) is 16.6 Å². The van der Waals surface area contributed by atoms with Crippen molar-refractivity contribution in [3.8, 4) is 0 Å². The van der Waals surface area contributed by atoms with Crippen LogP contribution >= 0.6 is 0 Å². The summed E-state index contributed by atoms with van der Waals surface area (Å²) in [6.07, 6.45) is 6.00. The van der Waals surface area contributed by atoms with E-state index < -0.39 is 0 Å². The lowest BCUT2D eigenvalue weighted by Gasteiger charge is -2.25. The third-order valence-electron chi connectivity index (χ3n) is 3.95. The topological polar surface area (TPSA) is 67.7 Å². The SMILES string of the molecule is Cc1cccc2nc(CN=C(N)NCC3CCC3)cn12. The molecule has 3 rings (SSSR count). The summed E-state index contributed by atoms with van der Waals surface area (Å²) >= 11 is 0. The molecule has 1 saturated carbocycles. The maximum atomic E-state index is 5.88. The Morgan fingerprint density at radius 1 is 1.50 bits per heavy atom. The molecule has 2 heterocycles. The number of nitrogens with zero attached hydrogens (tertiary/aromatic N) is 3. The number of fused-ring (bicyclic) bond motifs is 1. The number of aliphatic imine (C=N–C) groups is 1. The maximum Gasteiger partial charge on any atom is 0.188 e. The number of hydrogen-bond acceptors (Lipinski definition) is 2. The number of hydrogen-bond donors (Lipinski definition) is 2. The first kappa shape index (κ1) is 13.0. The van der Waals surface area contributed by atoms with Crippen LogP contribution in [-0.4, -0.2) is 21.9 Å². The van der Waals surface area contributed by atoms with E-state index in [1.807, 2.05) is 18.3 Å². The lowest BCUT2D eigenvalue weighted by Crippen LogP contribution is -2.37. The zero-order valence-corrected chi connectivity index (χ0v) is 11.8. The van der Waals surface area contributed by atoms with E-state index in [-0.39, 0.29) is 0 Å². The number of nitrogens with one attached hydrogen (secondary N) is 1. The third-order valence-corrected chi connectivity index (χ3v) is 3.95. The second kappa shape index (κ2) is 5.53. The van der Waals surface area contributed by atoms with Crippen molar-refractivity contribution in [1.29, 1.82) is 0 Å². The normalized spacial score (nSPS) is 16.4. The van der Waals surface area contributed by atoms with Crippen LogP contribution in [0.3, 0.4) is 0 Å². The second-order valence-electron chi connectivity index (χ2n) is 5.51. The van der Waals surface area contributed by atoms with Gasteiger partial charge in [-0.3, -0.25) is 0 Å². The molecule has 0 spiro atoms. The molecule has 0 aliphatic heterocycles. The van der Waals surface area contributed by atoms with E-state index in [9.17, 15) is 0 Å².